The summed E-state index contributed by atoms with van der Waals surface area (Å²) in [6.07, 6.45) is 12.8. The molecular weight excluding hydrogens is 244 g/mol. The average Bonchev–Trinajstić information content (AvgIpc) is 2.61. The van der Waals surface area contributed by atoms with E-state index >= 15 is 0 Å². The summed E-state index contributed by atoms with van der Waals surface area (Å²) in [7, 11) is 0. The molecule has 4 bridgehead atoms. The van der Waals surface area contributed by atoms with Gasteiger partial charge in [-0.15, -0.1) is 0 Å². The maximum atomic E-state index is 9.29. The van der Waals surface area contributed by atoms with Crippen LogP contribution in [0.4, 0.5) is 0 Å². The van der Waals surface area contributed by atoms with Gasteiger partial charge in [0.15, 0.2) is 0 Å². The Bertz CT molecular complexity index is 373. The second-order valence-corrected chi connectivity index (χ2v) is 8.47. The molecule has 0 aromatic rings. The molecule has 2 nitrogen and oxygen atoms in total. The van der Waals surface area contributed by atoms with Gasteiger partial charge in [-0.05, 0) is 81.1 Å². The fourth-order valence-corrected chi connectivity index (χ4v) is 6.43. The summed E-state index contributed by atoms with van der Waals surface area (Å²) in [6.45, 7) is 3.62. The Morgan fingerprint density at radius 3 is 2.25 bits per heavy atom. The van der Waals surface area contributed by atoms with Crippen LogP contribution in [0, 0.1) is 40.4 Å². The second-order valence-electron chi connectivity index (χ2n) is 8.47. The SMILES string of the molecule is N#CC1CCCCN(CC23CC4CC(CC(C4)C2)C3)C1. The van der Waals surface area contributed by atoms with E-state index in [1.54, 1.807) is 19.3 Å². The van der Waals surface area contributed by atoms with E-state index in [0.717, 1.165) is 30.7 Å². The van der Waals surface area contributed by atoms with Gasteiger partial charge in [0.25, 0.3) is 0 Å². The van der Waals surface area contributed by atoms with Crippen LogP contribution in [0.3, 0.4) is 0 Å². The Kier molecular flexibility index (Phi) is 3.30. The lowest BCUT2D eigenvalue weighted by Gasteiger charge is -2.58. The largest absolute Gasteiger partial charge is 0.301 e. The molecule has 4 saturated carbocycles. The molecule has 20 heavy (non-hydrogen) atoms. The van der Waals surface area contributed by atoms with Gasteiger partial charge in [0, 0.05) is 13.1 Å². The molecule has 1 unspecified atom stereocenters. The van der Waals surface area contributed by atoms with Crippen molar-refractivity contribution in [3.05, 3.63) is 0 Å². The van der Waals surface area contributed by atoms with Crippen LogP contribution < -0.4 is 0 Å². The summed E-state index contributed by atoms with van der Waals surface area (Å²) in [6, 6.07) is 2.54. The Hall–Kier alpha value is -0.550. The molecular formula is C18H28N2. The van der Waals surface area contributed by atoms with E-state index in [9.17, 15) is 5.26 Å². The molecule has 2 heteroatoms. The molecule has 0 aromatic heterocycles. The van der Waals surface area contributed by atoms with Crippen molar-refractivity contribution in [1.29, 1.82) is 5.26 Å². The fourth-order valence-electron chi connectivity index (χ4n) is 6.43. The predicted octanol–water partition coefficient (Wildman–Crippen LogP) is 3.83. The Labute approximate surface area is 123 Å². The van der Waals surface area contributed by atoms with Crippen LogP contribution in [0.25, 0.3) is 0 Å². The number of likely N-dealkylation sites (tertiary alicyclic amines) is 1. The first-order chi connectivity index (χ1) is 9.75. The molecule has 5 fully saturated rings. The Balaban J connectivity index is 1.46. The molecule has 1 atom stereocenters. The maximum absolute atomic E-state index is 9.29. The summed E-state index contributed by atoms with van der Waals surface area (Å²) in [5.41, 5.74) is 0.652. The van der Waals surface area contributed by atoms with Crippen molar-refractivity contribution >= 4 is 0 Å². The van der Waals surface area contributed by atoms with Crippen molar-refractivity contribution in [3.63, 3.8) is 0 Å². The molecule has 5 rings (SSSR count). The molecule has 0 radical (unpaired) electrons. The first-order valence-electron chi connectivity index (χ1n) is 8.87. The van der Waals surface area contributed by atoms with E-state index in [-0.39, 0.29) is 0 Å². The topological polar surface area (TPSA) is 27.0 Å². The first kappa shape index (κ1) is 13.1. The highest BCUT2D eigenvalue weighted by Crippen LogP contribution is 2.60. The van der Waals surface area contributed by atoms with Gasteiger partial charge in [-0.25, -0.2) is 0 Å². The molecule has 1 aliphatic heterocycles. The normalized spacial score (nSPS) is 48.0. The zero-order valence-corrected chi connectivity index (χ0v) is 12.7. The molecule has 1 heterocycles. The van der Waals surface area contributed by atoms with Gasteiger partial charge in [0.2, 0.25) is 0 Å². The van der Waals surface area contributed by atoms with E-state index in [0.29, 0.717) is 11.3 Å². The van der Waals surface area contributed by atoms with E-state index in [4.69, 9.17) is 0 Å². The number of hydrogen-bond acceptors (Lipinski definition) is 2. The van der Waals surface area contributed by atoms with Crippen molar-refractivity contribution < 1.29 is 0 Å². The Morgan fingerprint density at radius 1 is 1.00 bits per heavy atom. The molecule has 0 amide bonds. The van der Waals surface area contributed by atoms with Crippen molar-refractivity contribution in [3.8, 4) is 6.07 Å². The zero-order chi connectivity index (χ0) is 13.6. The van der Waals surface area contributed by atoms with E-state index in [1.807, 2.05) is 0 Å². The second kappa shape index (κ2) is 5.02. The minimum Gasteiger partial charge on any atom is -0.301 e. The minimum atomic E-state index is 0.298. The van der Waals surface area contributed by atoms with Gasteiger partial charge >= 0.3 is 0 Å². The highest BCUT2D eigenvalue weighted by Gasteiger charge is 2.51. The minimum absolute atomic E-state index is 0.298. The van der Waals surface area contributed by atoms with Crippen LogP contribution in [0.1, 0.15) is 57.8 Å². The number of rotatable bonds is 2. The lowest BCUT2D eigenvalue weighted by molar-refractivity contribution is -0.0693. The quantitative estimate of drug-likeness (QED) is 0.764. The van der Waals surface area contributed by atoms with E-state index in [2.05, 4.69) is 11.0 Å². The van der Waals surface area contributed by atoms with E-state index in [1.165, 1.54) is 45.2 Å². The lowest BCUT2D eigenvalue weighted by Crippen LogP contribution is -2.51. The lowest BCUT2D eigenvalue weighted by atomic mass is 9.49. The number of hydrogen-bond donors (Lipinski definition) is 0. The monoisotopic (exact) mass is 272 g/mol. The molecule has 0 aromatic carbocycles. The van der Waals surface area contributed by atoms with Crippen molar-refractivity contribution in [2.24, 2.45) is 29.1 Å². The van der Waals surface area contributed by atoms with Gasteiger partial charge in [-0.1, -0.05) is 6.42 Å². The Morgan fingerprint density at radius 2 is 1.65 bits per heavy atom. The zero-order valence-electron chi connectivity index (χ0n) is 12.7. The number of nitriles is 1. The highest BCUT2D eigenvalue weighted by atomic mass is 15.1. The van der Waals surface area contributed by atoms with Gasteiger partial charge in [-0.2, -0.15) is 5.26 Å². The van der Waals surface area contributed by atoms with Gasteiger partial charge in [0.1, 0.15) is 0 Å². The van der Waals surface area contributed by atoms with Gasteiger partial charge in [-0.3, -0.25) is 0 Å². The van der Waals surface area contributed by atoms with Crippen LogP contribution in [-0.2, 0) is 0 Å². The van der Waals surface area contributed by atoms with Crippen molar-refractivity contribution in [2.75, 3.05) is 19.6 Å². The summed E-state index contributed by atoms with van der Waals surface area (Å²) in [5.74, 6) is 3.46. The molecule has 110 valence electrons. The summed E-state index contributed by atoms with van der Waals surface area (Å²) in [5, 5.41) is 9.29. The van der Waals surface area contributed by atoms with Gasteiger partial charge < -0.3 is 4.90 Å². The van der Waals surface area contributed by atoms with Gasteiger partial charge in [0.05, 0.1) is 12.0 Å². The van der Waals surface area contributed by atoms with Crippen LogP contribution in [0.15, 0.2) is 0 Å². The van der Waals surface area contributed by atoms with Crippen LogP contribution in [-0.4, -0.2) is 24.5 Å². The number of nitrogens with zero attached hydrogens (tertiary/aromatic N) is 2. The molecule has 5 aliphatic rings. The van der Waals surface area contributed by atoms with Crippen LogP contribution >= 0.6 is 0 Å². The van der Waals surface area contributed by atoms with Crippen molar-refractivity contribution in [2.45, 2.75) is 57.8 Å². The first-order valence-corrected chi connectivity index (χ1v) is 8.87. The van der Waals surface area contributed by atoms with Crippen LogP contribution in [0.5, 0.6) is 0 Å². The third-order valence-electron chi connectivity index (χ3n) is 6.66. The third-order valence-corrected chi connectivity index (χ3v) is 6.66. The average molecular weight is 272 g/mol. The molecule has 0 spiro atoms. The summed E-state index contributed by atoms with van der Waals surface area (Å²) >= 11 is 0. The standard InChI is InChI=1S/C18H28N2/c19-11-14-3-1-2-4-20(12-14)13-18-8-15-5-16(9-18)7-17(6-15)10-18/h14-17H,1-10,12-13H2. The van der Waals surface area contributed by atoms with E-state index < -0.39 is 0 Å². The molecule has 0 N–H and O–H groups in total. The summed E-state index contributed by atoms with van der Waals surface area (Å²) in [4.78, 5) is 2.67. The third kappa shape index (κ3) is 2.39. The predicted molar refractivity (Wildman–Crippen MR) is 80.0 cm³/mol. The highest BCUT2D eigenvalue weighted by molar-refractivity contribution is 5.03. The fraction of sp³-hybridized carbons (Fsp3) is 0.944. The molecule has 1 saturated heterocycles. The van der Waals surface area contributed by atoms with Crippen molar-refractivity contribution in [1.82, 2.24) is 4.90 Å². The smallest absolute Gasteiger partial charge is 0.0669 e. The van der Waals surface area contributed by atoms with Crippen LogP contribution in [0.2, 0.25) is 0 Å². The summed E-state index contributed by atoms with van der Waals surface area (Å²) < 4.78 is 0. The molecule has 4 aliphatic carbocycles. The maximum Gasteiger partial charge on any atom is 0.0669 e.